The van der Waals surface area contributed by atoms with E-state index >= 15 is 0 Å². The molecule has 68 valence electrons. The van der Waals surface area contributed by atoms with Crippen molar-refractivity contribution in [3.63, 3.8) is 0 Å². The molecule has 1 fully saturated rings. The smallest absolute Gasteiger partial charge is 0 e. The van der Waals surface area contributed by atoms with Crippen LogP contribution in [-0.2, 0) is 0 Å². The Morgan fingerprint density at radius 2 is 2.09 bits per heavy atom. The molecule has 0 aliphatic carbocycles. The van der Waals surface area contributed by atoms with Gasteiger partial charge >= 0.3 is 0 Å². The van der Waals surface area contributed by atoms with Crippen molar-refractivity contribution in [3.05, 3.63) is 0 Å². The highest BCUT2D eigenvalue weighted by atomic mass is 14.9. The second-order valence-electron chi connectivity index (χ2n) is 4.06. The zero-order valence-electron chi connectivity index (χ0n) is 7.90. The minimum Gasteiger partial charge on any atom is -0.316 e. The summed E-state index contributed by atoms with van der Waals surface area (Å²) in [7, 11) is 0. The topological polar surface area (TPSA) is 12.0 Å². The van der Waals surface area contributed by atoms with Gasteiger partial charge in [0.05, 0.1) is 0 Å². The Bertz CT molecular complexity index is 96.0. The summed E-state index contributed by atoms with van der Waals surface area (Å²) in [5, 5.41) is 3.52. The van der Waals surface area contributed by atoms with Gasteiger partial charge < -0.3 is 5.32 Å². The molecule has 1 N–H and O–H groups in total. The fourth-order valence-electron chi connectivity index (χ4n) is 1.79. The van der Waals surface area contributed by atoms with E-state index in [2.05, 4.69) is 19.2 Å². The van der Waals surface area contributed by atoms with Gasteiger partial charge in [-0.05, 0) is 37.8 Å². The van der Waals surface area contributed by atoms with Crippen LogP contribution in [0.2, 0.25) is 0 Å². The lowest BCUT2D eigenvalue weighted by atomic mass is 9.89. The first-order chi connectivity index (χ1) is 5.30. The molecule has 1 atom stereocenters. The van der Waals surface area contributed by atoms with Crippen LogP contribution < -0.4 is 5.32 Å². The normalized spacial score (nSPS) is 28.1. The lowest BCUT2D eigenvalue weighted by molar-refractivity contribution is 0.313. The van der Waals surface area contributed by atoms with E-state index in [0.29, 0.717) is 0 Å². The molecular weight excluding hydrogens is 134 g/mol. The molecule has 1 aliphatic rings. The Morgan fingerprint density at radius 3 is 2.82 bits per heavy atom. The Labute approximate surface area is 72.1 Å². The Balaban J connectivity index is 0.00000121. The highest BCUT2D eigenvalue weighted by Crippen LogP contribution is 2.19. The second-order valence-corrected chi connectivity index (χ2v) is 4.06. The van der Waals surface area contributed by atoms with Crippen LogP contribution in [0.4, 0.5) is 0 Å². The molecule has 1 aliphatic heterocycles. The summed E-state index contributed by atoms with van der Waals surface area (Å²) in [6, 6.07) is 0. The van der Waals surface area contributed by atoms with Crippen molar-refractivity contribution in [1.29, 1.82) is 0 Å². The summed E-state index contributed by atoms with van der Waals surface area (Å²) >= 11 is 0. The van der Waals surface area contributed by atoms with Crippen molar-refractivity contribution in [1.82, 2.24) is 5.32 Å². The zero-order valence-corrected chi connectivity index (χ0v) is 7.90. The predicted octanol–water partition coefficient (Wildman–Crippen LogP) is 2.67. The number of rotatable bonds is 1. The van der Waals surface area contributed by atoms with Crippen LogP contribution in [0.3, 0.4) is 0 Å². The second kappa shape index (κ2) is 4.76. The Hall–Kier alpha value is -0.0400. The molecule has 0 amide bonds. The van der Waals surface area contributed by atoms with E-state index < -0.39 is 0 Å². The van der Waals surface area contributed by atoms with Crippen LogP contribution >= 0.6 is 0 Å². The molecule has 0 bridgehead atoms. The van der Waals surface area contributed by atoms with Gasteiger partial charge in [0.15, 0.2) is 0 Å². The van der Waals surface area contributed by atoms with Gasteiger partial charge in [-0.25, -0.2) is 0 Å². The van der Waals surface area contributed by atoms with Gasteiger partial charge in [-0.15, -0.1) is 0 Å². The predicted molar refractivity (Wildman–Crippen MR) is 51.8 cm³/mol. The fraction of sp³-hybridized carbons (Fsp3) is 1.00. The molecule has 0 saturated carbocycles. The maximum Gasteiger partial charge on any atom is 0 e. The van der Waals surface area contributed by atoms with Gasteiger partial charge in [-0.2, -0.15) is 0 Å². The van der Waals surface area contributed by atoms with Gasteiger partial charge in [-0.3, -0.25) is 0 Å². The summed E-state index contributed by atoms with van der Waals surface area (Å²) < 4.78 is 0. The fourth-order valence-corrected chi connectivity index (χ4v) is 1.79. The first-order valence-electron chi connectivity index (χ1n) is 5.01. The molecular formula is C10H23N. The van der Waals surface area contributed by atoms with Gasteiger partial charge in [0, 0.05) is 1.43 Å². The number of nitrogens with one attached hydrogen (secondary N) is 1. The van der Waals surface area contributed by atoms with Crippen molar-refractivity contribution >= 4 is 0 Å². The van der Waals surface area contributed by atoms with Gasteiger partial charge in [0.2, 0.25) is 0 Å². The molecule has 0 aromatic heterocycles. The van der Waals surface area contributed by atoms with E-state index in [1.165, 1.54) is 38.8 Å². The first-order valence-corrected chi connectivity index (χ1v) is 5.01. The highest BCUT2D eigenvalue weighted by Gasteiger charge is 2.13. The molecule has 11 heavy (non-hydrogen) atoms. The lowest BCUT2D eigenvalue weighted by Crippen LogP contribution is -2.28. The van der Waals surface area contributed by atoms with Crippen molar-refractivity contribution in [2.24, 2.45) is 11.8 Å². The van der Waals surface area contributed by atoms with Crippen molar-refractivity contribution in [2.45, 2.75) is 39.5 Å². The summed E-state index contributed by atoms with van der Waals surface area (Å²) in [5.41, 5.74) is 0. The molecule has 0 spiro atoms. The summed E-state index contributed by atoms with van der Waals surface area (Å²) in [6.45, 7) is 7.17. The largest absolute Gasteiger partial charge is 0.316 e. The van der Waals surface area contributed by atoms with E-state index in [4.69, 9.17) is 0 Å². The molecule has 0 aromatic carbocycles. The van der Waals surface area contributed by atoms with E-state index in [-0.39, 0.29) is 1.43 Å². The van der Waals surface area contributed by atoms with Crippen LogP contribution in [-0.4, -0.2) is 13.1 Å². The van der Waals surface area contributed by atoms with Crippen LogP contribution in [0.5, 0.6) is 0 Å². The van der Waals surface area contributed by atoms with Gasteiger partial charge in [-0.1, -0.05) is 26.7 Å². The van der Waals surface area contributed by atoms with Crippen LogP contribution in [0.1, 0.15) is 41.0 Å². The quantitative estimate of drug-likeness (QED) is 0.617. The molecule has 0 aromatic rings. The van der Waals surface area contributed by atoms with Crippen molar-refractivity contribution in [3.8, 4) is 0 Å². The SMILES string of the molecule is CC(C)C1CCCCCNC1.[HH]. The third-order valence-electron chi connectivity index (χ3n) is 2.78. The third kappa shape index (κ3) is 3.24. The monoisotopic (exact) mass is 157 g/mol. The summed E-state index contributed by atoms with van der Waals surface area (Å²) in [4.78, 5) is 0. The molecule has 1 saturated heterocycles. The third-order valence-corrected chi connectivity index (χ3v) is 2.78. The molecule has 1 heterocycles. The molecule has 1 nitrogen and oxygen atoms in total. The maximum atomic E-state index is 3.52. The van der Waals surface area contributed by atoms with Crippen LogP contribution in [0, 0.1) is 11.8 Å². The van der Waals surface area contributed by atoms with Crippen LogP contribution in [0.25, 0.3) is 0 Å². The zero-order chi connectivity index (χ0) is 8.10. The molecule has 1 heteroatoms. The Kier molecular flexibility index (Phi) is 3.92. The van der Waals surface area contributed by atoms with Gasteiger partial charge in [0.1, 0.15) is 0 Å². The van der Waals surface area contributed by atoms with Crippen molar-refractivity contribution in [2.75, 3.05) is 13.1 Å². The minimum absolute atomic E-state index is 0. The van der Waals surface area contributed by atoms with Gasteiger partial charge in [0.25, 0.3) is 0 Å². The van der Waals surface area contributed by atoms with E-state index in [0.717, 1.165) is 11.8 Å². The minimum atomic E-state index is 0. The van der Waals surface area contributed by atoms with E-state index in [9.17, 15) is 0 Å². The first kappa shape index (κ1) is 9.05. The van der Waals surface area contributed by atoms with Crippen molar-refractivity contribution < 1.29 is 1.43 Å². The number of hydrogen-bond acceptors (Lipinski definition) is 1. The highest BCUT2D eigenvalue weighted by molar-refractivity contribution is 4.68. The maximum absolute atomic E-state index is 3.52. The molecule has 1 unspecified atom stereocenters. The van der Waals surface area contributed by atoms with Crippen LogP contribution in [0.15, 0.2) is 0 Å². The summed E-state index contributed by atoms with van der Waals surface area (Å²) in [5.74, 6) is 1.79. The van der Waals surface area contributed by atoms with E-state index in [1.54, 1.807) is 0 Å². The molecule has 1 rings (SSSR count). The number of hydrogen-bond donors (Lipinski definition) is 1. The lowest BCUT2D eigenvalue weighted by Gasteiger charge is -2.23. The van der Waals surface area contributed by atoms with E-state index in [1.807, 2.05) is 0 Å². The average molecular weight is 157 g/mol. The average Bonchev–Trinajstić information content (AvgIpc) is 1.84. The molecule has 0 radical (unpaired) electrons. The standard InChI is InChI=1S/C10H21N.H2/c1-9(2)10-6-4-3-5-7-11-8-10;/h9-11H,3-8H2,1-2H3;1H. The summed E-state index contributed by atoms with van der Waals surface area (Å²) in [6.07, 6.45) is 5.69. The Morgan fingerprint density at radius 1 is 1.27 bits per heavy atom.